The molecule has 0 aromatic heterocycles. The Labute approximate surface area is 188 Å². The van der Waals surface area contributed by atoms with Crippen LogP contribution in [0.1, 0.15) is 122 Å². The lowest BCUT2D eigenvalue weighted by Gasteiger charge is -2.09. The summed E-state index contributed by atoms with van der Waals surface area (Å²) >= 11 is 0. The molecule has 2 nitrogen and oxygen atoms in total. The molecule has 0 rings (SSSR count). The molecule has 0 aromatic rings. The van der Waals surface area contributed by atoms with E-state index in [-0.39, 0.29) is 5.97 Å². The summed E-state index contributed by atoms with van der Waals surface area (Å²) in [6.07, 6.45) is 23.5. The molecule has 0 bridgehead atoms. The highest BCUT2D eigenvalue weighted by Crippen LogP contribution is 2.18. The number of carbonyl (C=O) groups is 1. The van der Waals surface area contributed by atoms with Crippen LogP contribution in [0, 0.1) is 0 Å². The van der Waals surface area contributed by atoms with Crippen molar-refractivity contribution in [3.8, 4) is 0 Å². The van der Waals surface area contributed by atoms with E-state index in [1.807, 2.05) is 13.1 Å². The van der Waals surface area contributed by atoms with Gasteiger partial charge in [-0.15, -0.1) is 0 Å². The van der Waals surface area contributed by atoms with Crippen molar-refractivity contribution in [1.82, 2.24) is 0 Å². The van der Waals surface area contributed by atoms with Crippen molar-refractivity contribution < 1.29 is 13.6 Å². The summed E-state index contributed by atoms with van der Waals surface area (Å²) in [4.78, 5) is 11.2. The van der Waals surface area contributed by atoms with E-state index in [0.29, 0.717) is 12.2 Å². The summed E-state index contributed by atoms with van der Waals surface area (Å²) in [7, 11) is -2.29. The van der Waals surface area contributed by atoms with Crippen LogP contribution in [0.3, 0.4) is 0 Å². The molecule has 0 N–H and O–H groups in total. The van der Waals surface area contributed by atoms with Crippen molar-refractivity contribution >= 4 is 14.4 Å². The molecule has 178 valence electrons. The predicted octanol–water partition coefficient (Wildman–Crippen LogP) is 9.30. The Morgan fingerprint density at radius 1 is 0.667 bits per heavy atom. The van der Waals surface area contributed by atoms with Gasteiger partial charge in [-0.25, -0.2) is 4.79 Å². The maximum absolute atomic E-state index is 13.5. The second-order valence-corrected chi connectivity index (χ2v) is 13.7. The molecule has 0 aromatic carbocycles. The van der Waals surface area contributed by atoms with Crippen LogP contribution in [0.2, 0.25) is 19.1 Å². The third-order valence-corrected chi connectivity index (χ3v) is 7.29. The predicted molar refractivity (Wildman–Crippen MR) is 132 cm³/mol. The Kier molecular flexibility index (Phi) is 19.8. The first-order valence-electron chi connectivity index (χ1n) is 12.8. The monoisotopic (exact) mass is 442 g/mol. The van der Waals surface area contributed by atoms with Crippen LogP contribution in [0.15, 0.2) is 12.2 Å². The van der Waals surface area contributed by atoms with Crippen LogP contribution in [0.4, 0.5) is 4.11 Å². The van der Waals surface area contributed by atoms with Crippen LogP contribution in [-0.2, 0) is 9.53 Å². The number of carbonyl (C=O) groups excluding carboxylic acids is 1. The minimum absolute atomic E-state index is 0.262. The molecule has 0 unspecified atom stereocenters. The van der Waals surface area contributed by atoms with E-state index >= 15 is 0 Å². The normalized spacial score (nSPS) is 11.6. The third-order valence-electron chi connectivity index (χ3n) is 5.75. The number of unbranched alkanes of at least 4 members (excludes halogenated alkanes) is 17. The molecule has 0 fully saturated rings. The molecular weight excluding hydrogens is 391 g/mol. The van der Waals surface area contributed by atoms with Gasteiger partial charge in [0.15, 0.2) is 0 Å². The van der Waals surface area contributed by atoms with Gasteiger partial charge in [-0.1, -0.05) is 116 Å². The number of esters is 1. The molecule has 0 saturated heterocycles. The fourth-order valence-electron chi connectivity index (χ4n) is 3.76. The van der Waals surface area contributed by atoms with Crippen molar-refractivity contribution in [3.05, 3.63) is 12.2 Å². The molecular formula is C26H51FO2Si. The first-order valence-corrected chi connectivity index (χ1v) is 15.9. The summed E-state index contributed by atoms with van der Waals surface area (Å²) in [5.74, 6) is -0.262. The van der Waals surface area contributed by atoms with E-state index in [4.69, 9.17) is 4.74 Å². The molecule has 4 heteroatoms. The minimum Gasteiger partial charge on any atom is -0.462 e. The van der Waals surface area contributed by atoms with E-state index < -0.39 is 8.41 Å². The molecule has 30 heavy (non-hydrogen) atoms. The van der Waals surface area contributed by atoms with Gasteiger partial charge in [-0.05, 0) is 32.5 Å². The van der Waals surface area contributed by atoms with Crippen molar-refractivity contribution in [3.63, 3.8) is 0 Å². The van der Waals surface area contributed by atoms with Crippen LogP contribution in [0.5, 0.6) is 0 Å². The van der Waals surface area contributed by atoms with Gasteiger partial charge >= 0.3 is 5.97 Å². The van der Waals surface area contributed by atoms with Crippen LogP contribution < -0.4 is 0 Å². The maximum atomic E-state index is 13.5. The van der Waals surface area contributed by atoms with E-state index in [2.05, 4.69) is 6.58 Å². The lowest BCUT2D eigenvalue weighted by molar-refractivity contribution is -0.139. The van der Waals surface area contributed by atoms with Gasteiger partial charge in [0.05, 0.1) is 6.61 Å². The quantitative estimate of drug-likeness (QED) is 0.0549. The first kappa shape index (κ1) is 29.4. The molecule has 0 atom stereocenters. The fraction of sp³-hybridized carbons (Fsp3) is 0.885. The molecule has 0 amide bonds. The van der Waals surface area contributed by atoms with Crippen LogP contribution >= 0.6 is 0 Å². The zero-order valence-electron chi connectivity index (χ0n) is 20.5. The minimum atomic E-state index is -2.29. The van der Waals surface area contributed by atoms with Gasteiger partial charge in [0.25, 0.3) is 0 Å². The number of halogens is 1. The van der Waals surface area contributed by atoms with Gasteiger partial charge in [-0.3, -0.25) is 0 Å². The zero-order chi connectivity index (χ0) is 22.5. The molecule has 0 radical (unpaired) electrons. The zero-order valence-corrected chi connectivity index (χ0v) is 21.5. The highest BCUT2D eigenvalue weighted by molar-refractivity contribution is 6.70. The van der Waals surface area contributed by atoms with E-state index in [1.54, 1.807) is 6.92 Å². The third kappa shape index (κ3) is 23.6. The second kappa shape index (κ2) is 20.3. The highest BCUT2D eigenvalue weighted by Gasteiger charge is 2.18. The van der Waals surface area contributed by atoms with Crippen molar-refractivity contribution in [2.75, 3.05) is 6.61 Å². The number of hydrogen-bond acceptors (Lipinski definition) is 2. The van der Waals surface area contributed by atoms with Crippen molar-refractivity contribution in [2.24, 2.45) is 0 Å². The topological polar surface area (TPSA) is 26.3 Å². The lowest BCUT2D eigenvalue weighted by Crippen LogP contribution is -2.16. The largest absolute Gasteiger partial charge is 0.462 e. The Bertz CT molecular complexity index is 418. The molecule has 0 heterocycles. The number of rotatable bonds is 22. The maximum Gasteiger partial charge on any atom is 0.333 e. The molecule has 0 spiro atoms. The average Bonchev–Trinajstić information content (AvgIpc) is 2.68. The van der Waals surface area contributed by atoms with Crippen LogP contribution in [0.25, 0.3) is 0 Å². The fourth-order valence-corrected chi connectivity index (χ4v) is 4.85. The summed E-state index contributed by atoms with van der Waals surface area (Å²) in [5.41, 5.74) is 0.484. The Morgan fingerprint density at radius 2 is 0.967 bits per heavy atom. The molecule has 0 aliphatic carbocycles. The SMILES string of the molecule is C=C(C)C(=O)OCCCCCCCCCCCCCCCCCCCC[Si](C)(C)F. The Balaban J connectivity index is 3.10. The summed E-state index contributed by atoms with van der Waals surface area (Å²) in [6, 6.07) is 0.849. The number of hydrogen-bond donors (Lipinski definition) is 0. The van der Waals surface area contributed by atoms with Crippen molar-refractivity contribution in [2.45, 2.75) is 142 Å². The molecule has 0 aliphatic rings. The van der Waals surface area contributed by atoms with Gasteiger partial charge in [0.1, 0.15) is 0 Å². The summed E-state index contributed by atoms with van der Waals surface area (Å²) in [5, 5.41) is 0. The lowest BCUT2D eigenvalue weighted by atomic mass is 10.0. The molecule has 0 aliphatic heterocycles. The summed E-state index contributed by atoms with van der Waals surface area (Å²) in [6.45, 7) is 9.45. The van der Waals surface area contributed by atoms with Gasteiger partial charge in [-0.2, -0.15) is 0 Å². The summed E-state index contributed by atoms with van der Waals surface area (Å²) < 4.78 is 18.6. The Hall–Kier alpha value is -0.643. The Morgan fingerprint density at radius 3 is 1.27 bits per heavy atom. The van der Waals surface area contributed by atoms with Gasteiger partial charge in [0, 0.05) is 5.57 Å². The van der Waals surface area contributed by atoms with Crippen LogP contribution in [-0.4, -0.2) is 21.0 Å². The average molecular weight is 443 g/mol. The first-order chi connectivity index (χ1) is 14.3. The molecule has 0 saturated carbocycles. The highest BCUT2D eigenvalue weighted by atomic mass is 28.4. The van der Waals surface area contributed by atoms with E-state index in [9.17, 15) is 8.90 Å². The van der Waals surface area contributed by atoms with Crippen molar-refractivity contribution in [1.29, 1.82) is 0 Å². The smallest absolute Gasteiger partial charge is 0.333 e. The van der Waals surface area contributed by atoms with E-state index in [1.165, 1.54) is 96.3 Å². The van der Waals surface area contributed by atoms with E-state index in [0.717, 1.165) is 25.3 Å². The van der Waals surface area contributed by atoms with Gasteiger partial charge < -0.3 is 8.84 Å². The standard InChI is InChI=1S/C26H51FO2Si/c1-25(2)26(28)29-23-21-19-17-15-13-11-9-7-5-6-8-10-12-14-16-18-20-22-24-30(3,4)27/h1,5-24H2,2-4H3. The second-order valence-electron chi connectivity index (χ2n) is 9.75. The number of ether oxygens (including phenoxy) is 1. The van der Waals surface area contributed by atoms with Gasteiger partial charge in [0.2, 0.25) is 8.41 Å².